The van der Waals surface area contributed by atoms with E-state index < -0.39 is 10.0 Å². The summed E-state index contributed by atoms with van der Waals surface area (Å²) in [6.07, 6.45) is 2.10. The number of rotatable bonds is 8. The van der Waals surface area contributed by atoms with E-state index in [1.165, 1.54) is 5.56 Å². The van der Waals surface area contributed by atoms with Crippen LogP contribution in [0.1, 0.15) is 24.1 Å². The summed E-state index contributed by atoms with van der Waals surface area (Å²) in [6, 6.07) is 23.3. The fraction of sp³-hybridized carbons (Fsp3) is 0.190. The largest absolute Gasteiger partial charge is 0.377 e. The van der Waals surface area contributed by atoms with Crippen LogP contribution < -0.4 is 10.0 Å². The molecule has 2 N–H and O–H groups in total. The predicted octanol–water partition coefficient (Wildman–Crippen LogP) is 4.24. The van der Waals surface area contributed by atoms with Gasteiger partial charge in [-0.15, -0.1) is 0 Å². The number of pyridine rings is 1. The Morgan fingerprint density at radius 2 is 1.59 bits per heavy atom. The highest BCUT2D eigenvalue weighted by Gasteiger charge is 2.12. The van der Waals surface area contributed by atoms with Crippen molar-refractivity contribution in [2.24, 2.45) is 0 Å². The number of anilines is 2. The third-order valence-electron chi connectivity index (χ3n) is 4.21. The summed E-state index contributed by atoms with van der Waals surface area (Å²) < 4.78 is 27.0. The molecule has 0 saturated heterocycles. The van der Waals surface area contributed by atoms with Gasteiger partial charge in [-0.2, -0.15) is 0 Å². The van der Waals surface area contributed by atoms with Gasteiger partial charge in [-0.25, -0.2) is 13.4 Å². The molecule has 0 aliphatic carbocycles. The van der Waals surface area contributed by atoms with E-state index in [0.29, 0.717) is 12.2 Å². The first-order chi connectivity index (χ1) is 13.0. The van der Waals surface area contributed by atoms with Gasteiger partial charge in [0.15, 0.2) is 0 Å². The number of hydrogen-bond acceptors (Lipinski definition) is 4. The van der Waals surface area contributed by atoms with Crippen molar-refractivity contribution in [3.05, 3.63) is 90.1 Å². The van der Waals surface area contributed by atoms with Gasteiger partial charge in [0.1, 0.15) is 5.82 Å². The van der Waals surface area contributed by atoms with E-state index in [1.54, 1.807) is 12.3 Å². The summed E-state index contributed by atoms with van der Waals surface area (Å²) in [6.45, 7) is 2.07. The predicted molar refractivity (Wildman–Crippen MR) is 110 cm³/mol. The molecule has 0 aliphatic rings. The first kappa shape index (κ1) is 18.9. The Bertz CT molecular complexity index is 944. The van der Waals surface area contributed by atoms with Crippen molar-refractivity contribution in [1.29, 1.82) is 0 Å². The lowest BCUT2D eigenvalue weighted by Crippen LogP contribution is -2.19. The van der Waals surface area contributed by atoms with Gasteiger partial charge in [0.25, 0.3) is 0 Å². The molecule has 1 aromatic heterocycles. The fourth-order valence-electron chi connectivity index (χ4n) is 2.72. The first-order valence-corrected chi connectivity index (χ1v) is 10.5. The van der Waals surface area contributed by atoms with E-state index in [-0.39, 0.29) is 11.8 Å². The van der Waals surface area contributed by atoms with Gasteiger partial charge in [-0.1, -0.05) is 60.7 Å². The number of nitrogens with one attached hydrogen (secondary N) is 2. The van der Waals surface area contributed by atoms with Crippen LogP contribution in [0.15, 0.2) is 79.0 Å². The summed E-state index contributed by atoms with van der Waals surface area (Å²) in [5.41, 5.74) is 2.99. The topological polar surface area (TPSA) is 71.1 Å². The number of aryl methyl sites for hydroxylation is 1. The molecule has 1 atom stereocenters. The molecule has 0 fully saturated rings. The number of sulfonamides is 1. The van der Waals surface area contributed by atoms with Crippen molar-refractivity contribution in [3.63, 3.8) is 0 Å². The molecule has 0 bridgehead atoms. The van der Waals surface area contributed by atoms with Crippen molar-refractivity contribution in [1.82, 2.24) is 4.98 Å². The van der Waals surface area contributed by atoms with Gasteiger partial charge in [0.05, 0.1) is 17.6 Å². The zero-order valence-electron chi connectivity index (χ0n) is 15.2. The number of aromatic nitrogens is 1. The molecular weight excluding hydrogens is 358 g/mol. The molecular formula is C21H23N3O2S. The lowest BCUT2D eigenvalue weighted by molar-refractivity contribution is 0.600. The summed E-state index contributed by atoms with van der Waals surface area (Å²) in [5.74, 6) is 0.338. The zero-order chi connectivity index (χ0) is 19.1. The molecule has 0 saturated carbocycles. The molecule has 140 valence electrons. The maximum absolute atomic E-state index is 12.3. The van der Waals surface area contributed by atoms with Gasteiger partial charge in [0.2, 0.25) is 10.0 Å². The molecule has 1 heterocycles. The number of nitrogens with zero attached hydrogens (tertiary/aromatic N) is 1. The van der Waals surface area contributed by atoms with Crippen molar-refractivity contribution >= 4 is 21.5 Å². The van der Waals surface area contributed by atoms with E-state index >= 15 is 0 Å². The molecule has 0 aliphatic heterocycles. The number of benzene rings is 2. The van der Waals surface area contributed by atoms with Crippen LogP contribution in [0.4, 0.5) is 11.5 Å². The standard InChI is InChI=1S/C21H23N3O2S/c1-17(19-10-6-3-7-11-19)23-20-12-13-21(22-16-20)24-27(25,26)15-14-18-8-4-2-5-9-18/h2-13,16-17,23H,14-15H2,1H3,(H,22,24). The van der Waals surface area contributed by atoms with Crippen LogP contribution in [0, 0.1) is 0 Å². The van der Waals surface area contributed by atoms with E-state index in [4.69, 9.17) is 0 Å². The summed E-state index contributed by atoms with van der Waals surface area (Å²) in [5, 5.41) is 3.36. The van der Waals surface area contributed by atoms with E-state index in [1.807, 2.05) is 54.6 Å². The Hall–Kier alpha value is -2.86. The maximum Gasteiger partial charge on any atom is 0.234 e. The monoisotopic (exact) mass is 381 g/mol. The highest BCUT2D eigenvalue weighted by Crippen LogP contribution is 2.19. The first-order valence-electron chi connectivity index (χ1n) is 8.84. The van der Waals surface area contributed by atoms with Crippen LogP contribution in [0.2, 0.25) is 0 Å². The Morgan fingerprint density at radius 1 is 0.926 bits per heavy atom. The van der Waals surface area contributed by atoms with Crippen molar-refractivity contribution in [2.45, 2.75) is 19.4 Å². The minimum atomic E-state index is -3.44. The van der Waals surface area contributed by atoms with Crippen LogP contribution in [-0.4, -0.2) is 19.2 Å². The van der Waals surface area contributed by atoms with Crippen LogP contribution >= 0.6 is 0 Å². The van der Waals surface area contributed by atoms with Crippen molar-refractivity contribution < 1.29 is 8.42 Å². The average Bonchev–Trinajstić information content (AvgIpc) is 2.69. The SMILES string of the molecule is CC(Nc1ccc(NS(=O)(=O)CCc2ccccc2)nc1)c1ccccc1. The minimum absolute atomic E-state index is 0.0176. The fourth-order valence-corrected chi connectivity index (χ4v) is 3.77. The lowest BCUT2D eigenvalue weighted by Gasteiger charge is -2.15. The molecule has 0 radical (unpaired) electrons. The van der Waals surface area contributed by atoms with Crippen LogP contribution in [0.5, 0.6) is 0 Å². The molecule has 0 amide bonds. The smallest absolute Gasteiger partial charge is 0.234 e. The van der Waals surface area contributed by atoms with E-state index in [0.717, 1.165) is 11.3 Å². The molecule has 0 spiro atoms. The second kappa shape index (κ2) is 8.68. The highest BCUT2D eigenvalue weighted by atomic mass is 32.2. The summed E-state index contributed by atoms with van der Waals surface area (Å²) >= 11 is 0. The molecule has 5 nitrogen and oxygen atoms in total. The molecule has 2 aromatic carbocycles. The summed E-state index contributed by atoms with van der Waals surface area (Å²) in [7, 11) is -3.44. The third kappa shape index (κ3) is 5.82. The van der Waals surface area contributed by atoms with Crippen LogP contribution in [-0.2, 0) is 16.4 Å². The van der Waals surface area contributed by atoms with Crippen LogP contribution in [0.3, 0.4) is 0 Å². The van der Waals surface area contributed by atoms with Gasteiger partial charge < -0.3 is 5.32 Å². The highest BCUT2D eigenvalue weighted by molar-refractivity contribution is 7.92. The number of hydrogen-bond donors (Lipinski definition) is 2. The van der Waals surface area contributed by atoms with Crippen molar-refractivity contribution in [3.8, 4) is 0 Å². The Kier molecular flexibility index (Phi) is 6.08. The summed E-state index contributed by atoms with van der Waals surface area (Å²) in [4.78, 5) is 4.21. The van der Waals surface area contributed by atoms with E-state index in [2.05, 4.69) is 34.1 Å². The second-order valence-electron chi connectivity index (χ2n) is 6.37. The Morgan fingerprint density at radius 3 is 2.22 bits per heavy atom. The molecule has 3 aromatic rings. The van der Waals surface area contributed by atoms with Gasteiger partial charge in [-0.05, 0) is 36.6 Å². The van der Waals surface area contributed by atoms with Gasteiger partial charge >= 0.3 is 0 Å². The van der Waals surface area contributed by atoms with E-state index in [9.17, 15) is 8.42 Å². The molecule has 27 heavy (non-hydrogen) atoms. The van der Waals surface area contributed by atoms with Crippen molar-refractivity contribution in [2.75, 3.05) is 15.8 Å². The maximum atomic E-state index is 12.3. The lowest BCUT2D eigenvalue weighted by atomic mass is 10.1. The zero-order valence-corrected chi connectivity index (χ0v) is 16.0. The average molecular weight is 382 g/mol. The third-order valence-corrected chi connectivity index (χ3v) is 5.47. The van der Waals surface area contributed by atoms with Gasteiger partial charge in [-0.3, -0.25) is 4.72 Å². The van der Waals surface area contributed by atoms with Gasteiger partial charge in [0, 0.05) is 6.04 Å². The molecule has 1 unspecified atom stereocenters. The second-order valence-corrected chi connectivity index (χ2v) is 8.21. The minimum Gasteiger partial charge on any atom is -0.377 e. The molecule has 6 heteroatoms. The van der Waals surface area contributed by atoms with Crippen LogP contribution in [0.25, 0.3) is 0 Å². The Labute approximate surface area is 160 Å². The molecule has 3 rings (SSSR count). The normalized spacial score (nSPS) is 12.3. The Balaban J connectivity index is 1.56. The quantitative estimate of drug-likeness (QED) is 0.612.